The molecule has 6 heterocycles. The topological polar surface area (TPSA) is 106 Å². The third kappa shape index (κ3) is 3.75. The minimum absolute atomic E-state index is 0.239. The number of anilines is 3. The molecule has 2 saturated heterocycles. The number of aromatic nitrogens is 6. The van der Waals surface area contributed by atoms with Gasteiger partial charge < -0.3 is 24.8 Å². The van der Waals surface area contributed by atoms with Gasteiger partial charge >= 0.3 is 0 Å². The van der Waals surface area contributed by atoms with Gasteiger partial charge in [-0.25, -0.2) is 4.98 Å². The zero-order valence-electron chi connectivity index (χ0n) is 18.6. The third-order valence-electron chi connectivity index (χ3n) is 6.73. The Morgan fingerprint density at radius 2 is 1.94 bits per heavy atom. The quantitative estimate of drug-likeness (QED) is 0.479. The second kappa shape index (κ2) is 8.53. The Kier molecular flexibility index (Phi) is 5.23. The second-order valence-corrected chi connectivity index (χ2v) is 8.66. The molecule has 0 aromatic carbocycles. The second-order valence-electron chi connectivity index (χ2n) is 8.66. The molecule has 4 aromatic heterocycles. The summed E-state index contributed by atoms with van der Waals surface area (Å²) in [6.45, 7) is 3.41. The van der Waals surface area contributed by atoms with Gasteiger partial charge in [0.25, 0.3) is 0 Å². The van der Waals surface area contributed by atoms with E-state index in [0.29, 0.717) is 24.4 Å². The first-order valence-corrected chi connectivity index (χ1v) is 11.5. The lowest BCUT2D eigenvalue weighted by atomic mass is 10.1. The highest BCUT2D eigenvalue weighted by Crippen LogP contribution is 2.33. The van der Waals surface area contributed by atoms with Crippen LogP contribution >= 0.6 is 0 Å². The smallest absolute Gasteiger partial charge is 0.230 e. The van der Waals surface area contributed by atoms with Crippen molar-refractivity contribution in [2.45, 2.75) is 31.3 Å². The third-order valence-corrected chi connectivity index (χ3v) is 6.73. The largest absolute Gasteiger partial charge is 0.379 e. The molecule has 0 saturated carbocycles. The van der Waals surface area contributed by atoms with E-state index in [1.807, 2.05) is 43.8 Å². The van der Waals surface area contributed by atoms with Crippen LogP contribution in [0.5, 0.6) is 0 Å². The van der Waals surface area contributed by atoms with Crippen LogP contribution in [0.15, 0.2) is 36.8 Å². The molecule has 170 valence electrons. The molecule has 2 aliphatic rings. The predicted molar refractivity (Wildman–Crippen MR) is 127 cm³/mol. The van der Waals surface area contributed by atoms with Gasteiger partial charge in [0.1, 0.15) is 5.65 Å². The van der Waals surface area contributed by atoms with E-state index < -0.39 is 0 Å². The average Bonchev–Trinajstić information content (AvgIpc) is 3.50. The van der Waals surface area contributed by atoms with Gasteiger partial charge in [-0.2, -0.15) is 4.98 Å². The highest BCUT2D eigenvalue weighted by molar-refractivity contribution is 6.06. The summed E-state index contributed by atoms with van der Waals surface area (Å²) in [6.07, 6.45) is 8.75. The van der Waals surface area contributed by atoms with Crippen LogP contribution in [0.3, 0.4) is 0 Å². The number of nitrogens with zero attached hydrogens (tertiary/aromatic N) is 7. The minimum atomic E-state index is 0.239. The van der Waals surface area contributed by atoms with E-state index in [1.165, 1.54) is 0 Å². The number of hydrogen-bond acceptors (Lipinski definition) is 9. The van der Waals surface area contributed by atoms with Crippen molar-refractivity contribution in [2.75, 3.05) is 43.6 Å². The molecule has 0 radical (unpaired) electrons. The van der Waals surface area contributed by atoms with Crippen LogP contribution < -0.4 is 15.5 Å². The molecule has 0 aliphatic carbocycles. The average molecular weight is 446 g/mol. The summed E-state index contributed by atoms with van der Waals surface area (Å²) in [5.41, 5.74) is 1.93. The van der Waals surface area contributed by atoms with Crippen LogP contribution in [0.4, 0.5) is 17.6 Å². The van der Waals surface area contributed by atoms with Gasteiger partial charge in [0.05, 0.1) is 24.4 Å². The van der Waals surface area contributed by atoms with Gasteiger partial charge in [-0.3, -0.25) is 4.98 Å². The minimum Gasteiger partial charge on any atom is -0.379 e. The Hall–Kier alpha value is -3.37. The molecular weight excluding hydrogens is 418 g/mol. The lowest BCUT2D eigenvalue weighted by Gasteiger charge is -2.32. The normalized spacial score (nSPS) is 19.5. The van der Waals surface area contributed by atoms with E-state index in [-0.39, 0.29) is 6.04 Å². The summed E-state index contributed by atoms with van der Waals surface area (Å²) < 4.78 is 7.89. The molecule has 2 aliphatic heterocycles. The fourth-order valence-electron chi connectivity index (χ4n) is 4.89. The van der Waals surface area contributed by atoms with Crippen molar-refractivity contribution in [3.05, 3.63) is 36.8 Å². The van der Waals surface area contributed by atoms with E-state index >= 15 is 0 Å². The van der Waals surface area contributed by atoms with Crippen molar-refractivity contribution in [3.63, 3.8) is 0 Å². The molecule has 33 heavy (non-hydrogen) atoms. The van der Waals surface area contributed by atoms with Crippen LogP contribution in [-0.2, 0) is 4.74 Å². The van der Waals surface area contributed by atoms with Gasteiger partial charge in [0.2, 0.25) is 5.95 Å². The van der Waals surface area contributed by atoms with E-state index in [4.69, 9.17) is 9.72 Å². The number of pyridine rings is 1. The number of nitrogens with one attached hydrogen (secondary N) is 2. The number of hydrogen-bond donors (Lipinski definition) is 2. The molecule has 0 unspecified atom stereocenters. The van der Waals surface area contributed by atoms with Crippen molar-refractivity contribution >= 4 is 39.5 Å². The fraction of sp³-hybridized carbons (Fsp3) is 0.435. The highest BCUT2D eigenvalue weighted by atomic mass is 16.5. The maximum atomic E-state index is 5.65. The summed E-state index contributed by atoms with van der Waals surface area (Å²) in [7, 11) is 2.03. The van der Waals surface area contributed by atoms with Crippen LogP contribution in [0.2, 0.25) is 0 Å². The number of rotatable bonds is 5. The molecule has 1 atom stereocenters. The maximum Gasteiger partial charge on any atom is 0.230 e. The molecule has 0 bridgehead atoms. The Balaban J connectivity index is 1.27. The number of ether oxygens (including phenoxy) is 1. The van der Waals surface area contributed by atoms with Gasteiger partial charge in [-0.15, -0.1) is 10.2 Å². The van der Waals surface area contributed by atoms with Crippen LogP contribution in [-0.4, -0.2) is 69.1 Å². The van der Waals surface area contributed by atoms with E-state index in [1.54, 1.807) is 0 Å². The lowest BCUT2D eigenvalue weighted by Crippen LogP contribution is -2.41. The van der Waals surface area contributed by atoms with E-state index in [2.05, 4.69) is 40.3 Å². The van der Waals surface area contributed by atoms with Gasteiger partial charge in [0, 0.05) is 48.9 Å². The van der Waals surface area contributed by atoms with Gasteiger partial charge in [0.15, 0.2) is 11.6 Å². The molecular formula is C23H27N9O. The van der Waals surface area contributed by atoms with Gasteiger partial charge in [-0.1, -0.05) is 0 Å². The first kappa shape index (κ1) is 20.3. The Bertz CT molecular complexity index is 1260. The standard InChI is InChI=1S/C23H27N9O/c1-24-15-5-9-31(10-6-15)21-3-2-20(29-30-21)27-23-26-12-18-17-4-8-25-13-19(17)32(22(18)28-23)16-7-11-33-14-16/h2-4,8,12-13,15-16,24H,5-7,9-11,14H2,1H3,(H,26,27,28,29)/t16-/m1/s1. The zero-order valence-corrected chi connectivity index (χ0v) is 18.6. The predicted octanol–water partition coefficient (Wildman–Crippen LogP) is 2.66. The van der Waals surface area contributed by atoms with Crippen molar-refractivity contribution in [3.8, 4) is 0 Å². The number of piperidine rings is 1. The summed E-state index contributed by atoms with van der Waals surface area (Å²) in [4.78, 5) is 16.0. The molecule has 2 fully saturated rings. The summed E-state index contributed by atoms with van der Waals surface area (Å²) in [6, 6.07) is 6.79. The molecule has 0 amide bonds. The molecule has 6 rings (SSSR count). The maximum absolute atomic E-state index is 5.65. The molecule has 10 heteroatoms. The Labute approximate surface area is 191 Å². The Morgan fingerprint density at radius 3 is 2.70 bits per heavy atom. The summed E-state index contributed by atoms with van der Waals surface area (Å²) >= 11 is 0. The first-order valence-electron chi connectivity index (χ1n) is 11.5. The van der Waals surface area contributed by atoms with Crippen molar-refractivity contribution in [1.82, 2.24) is 35.0 Å². The van der Waals surface area contributed by atoms with E-state index in [9.17, 15) is 0 Å². The molecule has 0 spiro atoms. The fourth-order valence-corrected chi connectivity index (χ4v) is 4.89. The van der Waals surface area contributed by atoms with Crippen molar-refractivity contribution in [2.24, 2.45) is 0 Å². The van der Waals surface area contributed by atoms with Gasteiger partial charge in [-0.05, 0) is 44.5 Å². The number of fused-ring (bicyclic) bond motifs is 3. The van der Waals surface area contributed by atoms with Crippen molar-refractivity contribution < 1.29 is 4.74 Å². The van der Waals surface area contributed by atoms with Crippen LogP contribution in [0.25, 0.3) is 21.9 Å². The zero-order chi connectivity index (χ0) is 22.2. The van der Waals surface area contributed by atoms with Crippen molar-refractivity contribution in [1.29, 1.82) is 0 Å². The molecule has 2 N–H and O–H groups in total. The molecule has 4 aromatic rings. The van der Waals surface area contributed by atoms with Crippen LogP contribution in [0.1, 0.15) is 25.3 Å². The summed E-state index contributed by atoms with van der Waals surface area (Å²) in [5, 5.41) is 17.5. The van der Waals surface area contributed by atoms with E-state index in [0.717, 1.165) is 66.7 Å². The summed E-state index contributed by atoms with van der Waals surface area (Å²) in [5.74, 6) is 2.02. The highest BCUT2D eigenvalue weighted by Gasteiger charge is 2.24. The van der Waals surface area contributed by atoms with Crippen LogP contribution in [0, 0.1) is 0 Å². The SMILES string of the molecule is CNC1CCN(c2ccc(Nc3ncc4c5ccncc5n([C@@H]5CCOC5)c4n3)nn2)CC1. The first-order chi connectivity index (χ1) is 16.3. The monoisotopic (exact) mass is 445 g/mol. The lowest BCUT2D eigenvalue weighted by molar-refractivity contribution is 0.187. The Morgan fingerprint density at radius 1 is 1.03 bits per heavy atom. The molecule has 10 nitrogen and oxygen atoms in total.